The van der Waals surface area contributed by atoms with Crippen LogP contribution in [0.15, 0.2) is 169 Å². The lowest BCUT2D eigenvalue weighted by molar-refractivity contribution is 0.752. The molecule has 1 aliphatic carbocycles. The first-order valence-corrected chi connectivity index (χ1v) is 17.5. The minimum Gasteiger partial charge on any atom is -0.310 e. The van der Waals surface area contributed by atoms with E-state index >= 15 is 0 Å². The minimum absolute atomic E-state index is 0.550. The number of fused-ring (bicyclic) bond motifs is 9. The summed E-state index contributed by atoms with van der Waals surface area (Å²) in [5.74, 6) is 0. The van der Waals surface area contributed by atoms with Crippen molar-refractivity contribution in [3.05, 3.63) is 192 Å². The third-order valence-electron chi connectivity index (χ3n) is 10.1. The van der Waals surface area contributed by atoms with Crippen molar-refractivity contribution in [2.45, 2.75) is 10.3 Å². The van der Waals surface area contributed by atoms with Crippen molar-refractivity contribution < 1.29 is 0 Å². The van der Waals surface area contributed by atoms with Gasteiger partial charge in [0.2, 0.25) is 0 Å². The van der Waals surface area contributed by atoms with Gasteiger partial charge in [0.15, 0.2) is 0 Å². The fourth-order valence-electron chi connectivity index (χ4n) is 8.21. The molecule has 0 fully saturated rings. The summed E-state index contributed by atoms with van der Waals surface area (Å²) in [6.07, 6.45) is 3.67. The topological polar surface area (TPSA) is 27.1 Å². The van der Waals surface area contributed by atoms with Crippen molar-refractivity contribution in [1.82, 2.24) is 0 Å². The first-order valence-electron chi connectivity index (χ1n) is 16.3. The van der Waals surface area contributed by atoms with E-state index in [0.717, 1.165) is 16.8 Å². The molecular weight excluding hydrogens is 601 g/mol. The second kappa shape index (κ2) is 11.3. The number of rotatable bonds is 5. The van der Waals surface area contributed by atoms with E-state index < -0.39 is 5.41 Å². The molecule has 0 amide bonds. The summed E-state index contributed by atoms with van der Waals surface area (Å²) in [4.78, 5) is 3.67. The largest absolute Gasteiger partial charge is 0.310 e. The predicted molar refractivity (Wildman–Crippen MR) is 203 cm³/mol. The first-order chi connectivity index (χ1) is 23.8. The maximum absolute atomic E-state index is 8.56. The molecule has 2 nitrogen and oxygen atoms in total. The number of anilines is 3. The zero-order valence-corrected chi connectivity index (χ0v) is 27.3. The molecule has 1 spiro atoms. The molecule has 0 saturated heterocycles. The van der Waals surface area contributed by atoms with E-state index in [1.165, 1.54) is 72.6 Å². The Kier molecular flexibility index (Phi) is 6.70. The van der Waals surface area contributed by atoms with Gasteiger partial charge in [0.05, 0.1) is 16.8 Å². The number of hydrogen-bond acceptors (Lipinski definition) is 3. The van der Waals surface area contributed by atoms with Crippen LogP contribution in [0.25, 0.3) is 33.4 Å². The molecular formula is C45H32N2S. The molecule has 0 atom stereocenters. The van der Waals surface area contributed by atoms with E-state index in [2.05, 4.69) is 175 Å². The molecule has 0 unspecified atom stereocenters. The van der Waals surface area contributed by atoms with Gasteiger partial charge in [-0.25, -0.2) is 0 Å². The zero-order valence-electron chi connectivity index (χ0n) is 26.5. The molecule has 7 aromatic rings. The first kappa shape index (κ1) is 28.6. The number of thioether (sulfide) groups is 1. The van der Waals surface area contributed by atoms with Crippen LogP contribution < -0.4 is 4.90 Å². The Morgan fingerprint density at radius 3 is 1.83 bits per heavy atom. The third kappa shape index (κ3) is 3.98. The number of hydrogen-bond donors (Lipinski definition) is 1. The molecule has 2 aliphatic rings. The summed E-state index contributed by atoms with van der Waals surface area (Å²) >= 11 is 1.78. The van der Waals surface area contributed by atoms with Crippen molar-refractivity contribution in [3.63, 3.8) is 0 Å². The van der Waals surface area contributed by atoms with Crippen molar-refractivity contribution in [2.75, 3.05) is 11.2 Å². The Morgan fingerprint density at radius 2 is 1.12 bits per heavy atom. The van der Waals surface area contributed by atoms with E-state index in [-0.39, 0.29) is 0 Å². The van der Waals surface area contributed by atoms with Crippen LogP contribution in [0, 0.1) is 5.41 Å². The normalized spacial score (nSPS) is 13.4. The van der Waals surface area contributed by atoms with Crippen LogP contribution in [0.4, 0.5) is 17.1 Å². The highest BCUT2D eigenvalue weighted by molar-refractivity contribution is 7.98. The Bertz CT molecular complexity index is 2330. The Morgan fingerprint density at radius 1 is 0.521 bits per heavy atom. The Balaban J connectivity index is 1.36. The van der Waals surface area contributed by atoms with Gasteiger partial charge in [-0.3, -0.25) is 0 Å². The number of nitrogens with one attached hydrogen (secondary N) is 1. The van der Waals surface area contributed by atoms with Crippen molar-refractivity contribution in [3.8, 4) is 33.4 Å². The molecule has 0 radical (unpaired) electrons. The van der Waals surface area contributed by atoms with Crippen molar-refractivity contribution in [2.24, 2.45) is 0 Å². The molecule has 1 N–H and O–H groups in total. The standard InChI is InChI=1S/C45H32N2S/c1-48-43-25-12-7-19-35(43)34-18-6-5-17-33(34)30-26-27-37-36(28-30)44-31(29-46)14-13-22-40(44)45(37)38-20-8-10-23-41(38)47(32-15-3-2-4-16-32)42-24-11-9-21-39(42)45/h2-29,46H,1H3. The Hall–Kier alpha value is -5.64. The number of benzene rings is 7. The average Bonchev–Trinajstić information content (AvgIpc) is 3.45. The fraction of sp³-hybridized carbons (Fsp3) is 0.0444. The zero-order chi connectivity index (χ0) is 32.2. The van der Waals surface area contributed by atoms with Gasteiger partial charge in [0, 0.05) is 22.4 Å². The van der Waals surface area contributed by atoms with Crippen LogP contribution in [-0.4, -0.2) is 12.5 Å². The lowest BCUT2D eigenvalue weighted by atomic mass is 9.64. The SMILES string of the molecule is CSc1ccccc1-c1ccccc1-c1ccc2c(c1)-c1c(C=N)cccc1C21c2ccccc2N(c2ccccc2)c2ccccc21. The highest BCUT2D eigenvalue weighted by atomic mass is 32.2. The lowest BCUT2D eigenvalue weighted by Gasteiger charge is -2.45. The maximum Gasteiger partial charge on any atom is 0.0754 e. The summed E-state index contributed by atoms with van der Waals surface area (Å²) < 4.78 is 0. The van der Waals surface area contributed by atoms with Gasteiger partial charge >= 0.3 is 0 Å². The third-order valence-corrected chi connectivity index (χ3v) is 10.9. The molecule has 48 heavy (non-hydrogen) atoms. The molecule has 228 valence electrons. The molecule has 7 aromatic carbocycles. The van der Waals surface area contributed by atoms with Crippen LogP contribution in [0.5, 0.6) is 0 Å². The summed E-state index contributed by atoms with van der Waals surface area (Å²) in [7, 11) is 0. The van der Waals surface area contributed by atoms with Crippen LogP contribution >= 0.6 is 11.8 Å². The molecule has 1 aliphatic heterocycles. The van der Waals surface area contributed by atoms with Crippen LogP contribution in [0.1, 0.15) is 27.8 Å². The highest BCUT2D eigenvalue weighted by Crippen LogP contribution is 2.64. The molecule has 0 saturated carbocycles. The summed E-state index contributed by atoms with van der Waals surface area (Å²) in [5, 5.41) is 8.56. The van der Waals surface area contributed by atoms with Crippen molar-refractivity contribution >= 4 is 35.0 Å². The quantitative estimate of drug-likeness (QED) is 0.151. The number of nitrogens with zero attached hydrogens (tertiary/aromatic N) is 1. The van der Waals surface area contributed by atoms with Gasteiger partial charge in [-0.15, -0.1) is 11.8 Å². The van der Waals surface area contributed by atoms with E-state index in [1.807, 2.05) is 0 Å². The van der Waals surface area contributed by atoms with E-state index in [9.17, 15) is 0 Å². The smallest absolute Gasteiger partial charge is 0.0754 e. The predicted octanol–water partition coefficient (Wildman–Crippen LogP) is 11.9. The molecule has 0 aromatic heterocycles. The van der Waals surface area contributed by atoms with Gasteiger partial charge < -0.3 is 10.3 Å². The molecule has 3 heteroatoms. The highest BCUT2D eigenvalue weighted by Gasteiger charge is 2.52. The summed E-state index contributed by atoms with van der Waals surface area (Å²) in [6.45, 7) is 0. The van der Waals surface area contributed by atoms with E-state index in [4.69, 9.17) is 5.41 Å². The average molecular weight is 633 g/mol. The lowest BCUT2D eigenvalue weighted by Crippen LogP contribution is -2.36. The van der Waals surface area contributed by atoms with Gasteiger partial charge in [0.25, 0.3) is 0 Å². The monoisotopic (exact) mass is 632 g/mol. The Labute approximate surface area is 285 Å². The second-order valence-electron chi connectivity index (χ2n) is 12.4. The fourth-order valence-corrected chi connectivity index (χ4v) is 8.83. The molecule has 0 bridgehead atoms. The van der Waals surface area contributed by atoms with Crippen LogP contribution in [0.3, 0.4) is 0 Å². The van der Waals surface area contributed by atoms with Gasteiger partial charge in [-0.05, 0) is 98.3 Å². The number of para-hydroxylation sites is 3. The van der Waals surface area contributed by atoms with Gasteiger partial charge in [-0.2, -0.15) is 0 Å². The van der Waals surface area contributed by atoms with Crippen LogP contribution in [0.2, 0.25) is 0 Å². The summed E-state index contributed by atoms with van der Waals surface area (Å²) in [6, 6.07) is 59.4. The maximum atomic E-state index is 8.56. The van der Waals surface area contributed by atoms with E-state index in [0.29, 0.717) is 0 Å². The van der Waals surface area contributed by atoms with Gasteiger partial charge in [-0.1, -0.05) is 127 Å². The minimum atomic E-state index is -0.550. The van der Waals surface area contributed by atoms with Gasteiger partial charge in [0.1, 0.15) is 0 Å². The van der Waals surface area contributed by atoms with Crippen LogP contribution in [-0.2, 0) is 5.41 Å². The van der Waals surface area contributed by atoms with E-state index in [1.54, 1.807) is 11.8 Å². The van der Waals surface area contributed by atoms with Crippen molar-refractivity contribution in [1.29, 1.82) is 5.41 Å². The molecule has 1 heterocycles. The second-order valence-corrected chi connectivity index (χ2v) is 13.2. The summed E-state index contributed by atoms with van der Waals surface area (Å²) in [5.41, 5.74) is 16.0. The molecule has 9 rings (SSSR count).